The van der Waals surface area contributed by atoms with Crippen molar-refractivity contribution in [1.82, 2.24) is 9.55 Å². The van der Waals surface area contributed by atoms with E-state index in [1.54, 1.807) is 24.3 Å². The van der Waals surface area contributed by atoms with Crippen molar-refractivity contribution in [2.45, 2.75) is 11.7 Å². The van der Waals surface area contributed by atoms with Crippen LogP contribution >= 0.6 is 11.8 Å². The van der Waals surface area contributed by atoms with Gasteiger partial charge in [0, 0.05) is 11.2 Å². The predicted molar refractivity (Wildman–Crippen MR) is 72.0 cm³/mol. The molecule has 7 heteroatoms. The highest BCUT2D eigenvalue weighted by molar-refractivity contribution is 7.99. The maximum absolute atomic E-state index is 13.2. The molecule has 1 saturated heterocycles. The van der Waals surface area contributed by atoms with E-state index in [9.17, 15) is 13.9 Å². The SMILES string of the molecule is OCC1(CSc2nc3ccccc3n2C(F)F)COC1. The molecule has 2 heterocycles. The van der Waals surface area contributed by atoms with Gasteiger partial charge in [0.2, 0.25) is 0 Å². The van der Waals surface area contributed by atoms with E-state index in [1.807, 2.05) is 0 Å². The molecule has 20 heavy (non-hydrogen) atoms. The molecule has 1 aliphatic rings. The molecule has 1 aliphatic heterocycles. The Hall–Kier alpha value is -1.18. The Labute approximate surface area is 118 Å². The number of benzene rings is 1. The van der Waals surface area contributed by atoms with Crippen molar-refractivity contribution in [3.8, 4) is 0 Å². The number of rotatable bonds is 5. The van der Waals surface area contributed by atoms with Gasteiger partial charge in [-0.05, 0) is 12.1 Å². The molecule has 0 spiro atoms. The largest absolute Gasteiger partial charge is 0.396 e. The maximum atomic E-state index is 13.2. The van der Waals surface area contributed by atoms with Gasteiger partial charge >= 0.3 is 6.55 Å². The number of fused-ring (bicyclic) bond motifs is 1. The highest BCUT2D eigenvalue weighted by Gasteiger charge is 2.38. The first-order valence-corrected chi connectivity index (χ1v) is 7.20. The number of para-hydroxylation sites is 2. The first kappa shape index (κ1) is 13.8. The number of hydrogen-bond acceptors (Lipinski definition) is 4. The fraction of sp³-hybridized carbons (Fsp3) is 0.462. The molecule has 2 aromatic rings. The second kappa shape index (κ2) is 5.31. The quantitative estimate of drug-likeness (QED) is 0.862. The standard InChI is InChI=1S/C13H14F2N2O2S/c14-11(15)17-10-4-2-1-3-9(10)16-12(17)20-8-13(5-18)6-19-7-13/h1-4,11,18H,5-8H2. The Balaban J connectivity index is 1.88. The van der Waals surface area contributed by atoms with Gasteiger partial charge in [0.25, 0.3) is 0 Å². The van der Waals surface area contributed by atoms with Crippen molar-refractivity contribution in [2.24, 2.45) is 5.41 Å². The van der Waals surface area contributed by atoms with Gasteiger partial charge in [0.15, 0.2) is 5.16 Å². The molecule has 3 rings (SSSR count). The summed E-state index contributed by atoms with van der Waals surface area (Å²) >= 11 is 1.24. The Morgan fingerprint density at radius 2 is 2.15 bits per heavy atom. The number of thioether (sulfide) groups is 1. The highest BCUT2D eigenvalue weighted by Crippen LogP contribution is 2.36. The molecule has 108 valence electrons. The molecule has 0 atom stereocenters. The summed E-state index contributed by atoms with van der Waals surface area (Å²) in [5.41, 5.74) is 0.654. The molecule has 4 nitrogen and oxygen atoms in total. The van der Waals surface area contributed by atoms with Crippen molar-refractivity contribution in [3.05, 3.63) is 24.3 Å². The summed E-state index contributed by atoms with van der Waals surface area (Å²) in [5.74, 6) is 0.513. The van der Waals surface area contributed by atoms with E-state index >= 15 is 0 Å². The monoisotopic (exact) mass is 300 g/mol. The minimum Gasteiger partial charge on any atom is -0.396 e. The number of nitrogens with zero attached hydrogens (tertiary/aromatic N) is 2. The van der Waals surface area contributed by atoms with Crippen molar-refractivity contribution >= 4 is 22.8 Å². The molecule has 1 aromatic heterocycles. The Morgan fingerprint density at radius 3 is 2.75 bits per heavy atom. The van der Waals surface area contributed by atoms with E-state index in [0.717, 1.165) is 4.57 Å². The summed E-state index contributed by atoms with van der Waals surface area (Å²) in [6, 6.07) is 6.83. The lowest BCUT2D eigenvalue weighted by atomic mass is 9.90. The zero-order valence-electron chi connectivity index (χ0n) is 10.6. The molecule has 1 N–H and O–H groups in total. The number of imidazole rings is 1. The Bertz CT molecular complexity index is 608. The van der Waals surface area contributed by atoms with E-state index in [2.05, 4.69) is 4.98 Å². The van der Waals surface area contributed by atoms with Crippen LogP contribution in [0.25, 0.3) is 11.0 Å². The van der Waals surface area contributed by atoms with Crippen LogP contribution in [0.3, 0.4) is 0 Å². The van der Waals surface area contributed by atoms with Crippen LogP contribution in [0.5, 0.6) is 0 Å². The average Bonchev–Trinajstić information content (AvgIpc) is 2.76. The molecule has 1 fully saturated rings. The molecular formula is C13H14F2N2O2S. The van der Waals surface area contributed by atoms with Gasteiger partial charge < -0.3 is 9.84 Å². The van der Waals surface area contributed by atoms with Gasteiger partial charge in [-0.3, -0.25) is 4.57 Å². The van der Waals surface area contributed by atoms with E-state index in [-0.39, 0.29) is 17.2 Å². The number of aromatic nitrogens is 2. The molecule has 0 unspecified atom stereocenters. The van der Waals surface area contributed by atoms with Gasteiger partial charge in [0.1, 0.15) is 0 Å². The van der Waals surface area contributed by atoms with Crippen molar-refractivity contribution in [1.29, 1.82) is 0 Å². The van der Waals surface area contributed by atoms with Crippen LogP contribution in [-0.2, 0) is 4.74 Å². The minimum absolute atomic E-state index is 0.00505. The topological polar surface area (TPSA) is 47.3 Å². The van der Waals surface area contributed by atoms with Crippen LogP contribution in [-0.4, -0.2) is 40.2 Å². The van der Waals surface area contributed by atoms with Gasteiger partial charge in [-0.1, -0.05) is 23.9 Å². The summed E-state index contributed by atoms with van der Waals surface area (Å²) in [7, 11) is 0. The van der Waals surface area contributed by atoms with Crippen LogP contribution in [0.2, 0.25) is 0 Å². The van der Waals surface area contributed by atoms with Gasteiger partial charge in [0.05, 0.1) is 30.9 Å². The number of halogens is 2. The number of alkyl halides is 2. The fourth-order valence-electron chi connectivity index (χ4n) is 2.14. The minimum atomic E-state index is -2.63. The predicted octanol–water partition coefficient (Wildman–Crippen LogP) is 2.53. The fourth-order valence-corrected chi connectivity index (χ4v) is 3.31. The van der Waals surface area contributed by atoms with Crippen LogP contribution in [0.15, 0.2) is 29.4 Å². The lowest BCUT2D eigenvalue weighted by molar-refractivity contribution is -0.121. The molecule has 0 radical (unpaired) electrons. The molecule has 0 aliphatic carbocycles. The maximum Gasteiger partial charge on any atom is 0.321 e. The van der Waals surface area contributed by atoms with E-state index in [1.165, 1.54) is 11.8 Å². The number of ether oxygens (including phenoxy) is 1. The summed E-state index contributed by atoms with van der Waals surface area (Å²) in [6.07, 6.45) is 0. The Kier molecular flexibility index (Phi) is 3.66. The van der Waals surface area contributed by atoms with Crippen LogP contribution in [0, 0.1) is 5.41 Å². The normalized spacial score (nSPS) is 17.6. The third-order valence-electron chi connectivity index (χ3n) is 3.42. The van der Waals surface area contributed by atoms with Crippen molar-refractivity contribution < 1.29 is 18.6 Å². The summed E-state index contributed by atoms with van der Waals surface area (Å²) in [6.45, 7) is -1.71. The summed E-state index contributed by atoms with van der Waals surface area (Å²) in [5, 5.41) is 9.64. The summed E-state index contributed by atoms with van der Waals surface area (Å²) in [4.78, 5) is 4.25. The third kappa shape index (κ3) is 2.30. The van der Waals surface area contributed by atoms with Crippen LogP contribution < -0.4 is 0 Å². The second-order valence-electron chi connectivity index (χ2n) is 4.97. The zero-order chi connectivity index (χ0) is 14.2. The average molecular weight is 300 g/mol. The molecule has 0 amide bonds. The van der Waals surface area contributed by atoms with Crippen molar-refractivity contribution in [3.63, 3.8) is 0 Å². The molecule has 0 saturated carbocycles. The van der Waals surface area contributed by atoms with Crippen molar-refractivity contribution in [2.75, 3.05) is 25.6 Å². The van der Waals surface area contributed by atoms with Gasteiger partial charge in [-0.15, -0.1) is 0 Å². The van der Waals surface area contributed by atoms with Gasteiger partial charge in [-0.25, -0.2) is 4.98 Å². The summed E-state index contributed by atoms with van der Waals surface area (Å²) < 4.78 is 32.5. The second-order valence-corrected chi connectivity index (χ2v) is 5.91. The van der Waals surface area contributed by atoms with E-state index in [0.29, 0.717) is 30.0 Å². The molecular weight excluding hydrogens is 286 g/mol. The van der Waals surface area contributed by atoms with Crippen LogP contribution in [0.4, 0.5) is 8.78 Å². The molecule has 0 bridgehead atoms. The van der Waals surface area contributed by atoms with Crippen LogP contribution in [0.1, 0.15) is 6.55 Å². The lowest BCUT2D eigenvalue weighted by Crippen LogP contribution is -2.47. The third-order valence-corrected chi connectivity index (χ3v) is 4.72. The number of aliphatic hydroxyl groups is 1. The smallest absolute Gasteiger partial charge is 0.321 e. The van der Waals surface area contributed by atoms with E-state index < -0.39 is 6.55 Å². The number of aliphatic hydroxyl groups excluding tert-OH is 1. The van der Waals surface area contributed by atoms with E-state index in [4.69, 9.17) is 4.74 Å². The zero-order valence-corrected chi connectivity index (χ0v) is 11.4. The number of hydrogen-bond donors (Lipinski definition) is 1. The van der Waals surface area contributed by atoms with Gasteiger partial charge in [-0.2, -0.15) is 8.78 Å². The molecule has 1 aromatic carbocycles. The first-order valence-electron chi connectivity index (χ1n) is 6.22. The lowest BCUT2D eigenvalue weighted by Gasteiger charge is -2.39. The first-order chi connectivity index (χ1) is 9.65. The highest BCUT2D eigenvalue weighted by atomic mass is 32.2. The Morgan fingerprint density at radius 1 is 1.40 bits per heavy atom.